The Morgan fingerprint density at radius 1 is 1.39 bits per heavy atom. The quantitative estimate of drug-likeness (QED) is 0.701. The van der Waals surface area contributed by atoms with Crippen molar-refractivity contribution in [2.75, 3.05) is 0 Å². The molecule has 1 amide bonds. The number of benzene rings is 1. The van der Waals surface area contributed by atoms with Crippen molar-refractivity contribution in [1.82, 2.24) is 9.78 Å². The molecule has 9 heteroatoms. The molecule has 1 aliphatic heterocycles. The lowest BCUT2D eigenvalue weighted by molar-refractivity contribution is 0.100. The van der Waals surface area contributed by atoms with Crippen molar-refractivity contribution < 1.29 is 14.3 Å². The van der Waals surface area contributed by atoms with Gasteiger partial charge in [0, 0.05) is 17.5 Å². The summed E-state index contributed by atoms with van der Waals surface area (Å²) in [5.74, 6) is -0.461. The highest BCUT2D eigenvalue weighted by Crippen LogP contribution is 2.37. The number of amides is 1. The van der Waals surface area contributed by atoms with E-state index >= 15 is 0 Å². The molecule has 0 aliphatic carbocycles. The number of hydrogen-bond donors (Lipinski definition) is 2. The molecule has 142 valence electrons. The third-order valence-electron chi connectivity index (χ3n) is 4.53. The summed E-state index contributed by atoms with van der Waals surface area (Å²) in [5.41, 5.74) is 5.86. The Labute approximate surface area is 163 Å². The number of carbonyl (C=O) groups is 1. The van der Waals surface area contributed by atoms with Gasteiger partial charge in [0.05, 0.1) is 18.0 Å². The summed E-state index contributed by atoms with van der Waals surface area (Å²) in [5, 5.41) is 15.1. The number of nitrogens with zero attached hydrogens (tertiary/aromatic N) is 3. The SMILES string of the molecule is Cc1cc(O)c(C2=Nc3c(C(N)=O)cnn3C(c3cccc(Cl)c3)C2)c(=O)o1. The minimum atomic E-state index is -0.713. The van der Waals surface area contributed by atoms with Gasteiger partial charge in [-0.3, -0.25) is 4.79 Å². The zero-order chi connectivity index (χ0) is 20.0. The van der Waals surface area contributed by atoms with E-state index in [1.165, 1.54) is 12.3 Å². The van der Waals surface area contributed by atoms with Gasteiger partial charge < -0.3 is 15.3 Å². The van der Waals surface area contributed by atoms with Crippen LogP contribution >= 0.6 is 11.6 Å². The highest BCUT2D eigenvalue weighted by Gasteiger charge is 2.31. The van der Waals surface area contributed by atoms with Gasteiger partial charge in [-0.05, 0) is 24.6 Å². The van der Waals surface area contributed by atoms with E-state index in [9.17, 15) is 14.7 Å². The third-order valence-corrected chi connectivity index (χ3v) is 4.77. The fourth-order valence-corrected chi connectivity index (χ4v) is 3.50. The molecule has 0 spiro atoms. The number of nitrogens with two attached hydrogens (primary N) is 1. The van der Waals surface area contributed by atoms with Crippen molar-refractivity contribution in [2.45, 2.75) is 19.4 Å². The Balaban J connectivity index is 1.94. The van der Waals surface area contributed by atoms with Crippen molar-refractivity contribution in [3.63, 3.8) is 0 Å². The highest BCUT2D eigenvalue weighted by molar-refractivity contribution is 6.30. The number of fused-ring (bicyclic) bond motifs is 1. The first-order valence-electron chi connectivity index (χ1n) is 8.39. The van der Waals surface area contributed by atoms with Crippen LogP contribution in [0.5, 0.6) is 5.75 Å². The second-order valence-electron chi connectivity index (χ2n) is 6.43. The highest BCUT2D eigenvalue weighted by atomic mass is 35.5. The molecule has 2 aromatic heterocycles. The zero-order valence-corrected chi connectivity index (χ0v) is 15.5. The Kier molecular flexibility index (Phi) is 4.27. The van der Waals surface area contributed by atoms with E-state index < -0.39 is 17.6 Å². The monoisotopic (exact) mass is 398 g/mol. The van der Waals surface area contributed by atoms with Crippen LogP contribution < -0.4 is 11.4 Å². The topological polar surface area (TPSA) is 124 Å². The number of halogens is 1. The molecule has 3 heterocycles. The van der Waals surface area contributed by atoms with Gasteiger partial charge in [0.15, 0.2) is 5.82 Å². The maximum Gasteiger partial charge on any atom is 0.348 e. The van der Waals surface area contributed by atoms with Crippen molar-refractivity contribution in [2.24, 2.45) is 10.7 Å². The summed E-state index contributed by atoms with van der Waals surface area (Å²) in [6.45, 7) is 1.56. The van der Waals surface area contributed by atoms with E-state index in [1.807, 2.05) is 6.07 Å². The van der Waals surface area contributed by atoms with Gasteiger partial charge >= 0.3 is 5.63 Å². The number of rotatable bonds is 3. The lowest BCUT2D eigenvalue weighted by atomic mass is 9.96. The Morgan fingerprint density at radius 2 is 2.18 bits per heavy atom. The molecule has 0 saturated carbocycles. The molecule has 0 saturated heterocycles. The van der Waals surface area contributed by atoms with Crippen LogP contribution in [0.4, 0.5) is 5.82 Å². The number of aromatic nitrogens is 2. The average Bonchev–Trinajstić information content (AvgIpc) is 3.04. The number of aliphatic imine (C=N–C) groups is 1. The van der Waals surface area contributed by atoms with Crippen molar-refractivity contribution in [1.29, 1.82) is 0 Å². The van der Waals surface area contributed by atoms with Gasteiger partial charge in [-0.2, -0.15) is 5.10 Å². The molecule has 0 radical (unpaired) electrons. The van der Waals surface area contributed by atoms with Crippen LogP contribution in [-0.4, -0.2) is 26.5 Å². The van der Waals surface area contributed by atoms with Crippen LogP contribution in [0, 0.1) is 6.92 Å². The van der Waals surface area contributed by atoms with Crippen molar-refractivity contribution in [3.05, 3.63) is 74.4 Å². The molecule has 1 aromatic carbocycles. The van der Waals surface area contributed by atoms with Gasteiger partial charge in [0.1, 0.15) is 22.6 Å². The maximum atomic E-state index is 12.4. The standard InChI is InChI=1S/C19H15ClN4O4/c1-9-5-15(25)16(19(27)28-9)13-7-14(10-3-2-4-11(20)6-10)24-18(23-13)12(8-22-24)17(21)26/h2-6,8,14,25H,7H2,1H3,(H2,21,26). The molecule has 28 heavy (non-hydrogen) atoms. The van der Waals surface area contributed by atoms with Crippen LogP contribution in [0.15, 0.2) is 50.7 Å². The number of carbonyl (C=O) groups excluding carboxylic acids is 1. The van der Waals surface area contributed by atoms with Crippen LogP contribution in [0.3, 0.4) is 0 Å². The second-order valence-corrected chi connectivity index (χ2v) is 6.87. The van der Waals surface area contributed by atoms with Gasteiger partial charge in [-0.1, -0.05) is 23.7 Å². The number of hydrogen-bond acceptors (Lipinski definition) is 6. The molecule has 1 aliphatic rings. The van der Waals surface area contributed by atoms with Crippen molar-refractivity contribution in [3.8, 4) is 5.75 Å². The first-order chi connectivity index (χ1) is 13.3. The van der Waals surface area contributed by atoms with Crippen molar-refractivity contribution >= 4 is 29.0 Å². The van der Waals surface area contributed by atoms with Gasteiger partial charge in [-0.15, -0.1) is 0 Å². The van der Waals surface area contributed by atoms with E-state index in [0.717, 1.165) is 5.56 Å². The minimum absolute atomic E-state index is 0.0551. The van der Waals surface area contributed by atoms with Crippen LogP contribution in [0.25, 0.3) is 0 Å². The minimum Gasteiger partial charge on any atom is -0.507 e. The molecule has 3 N–H and O–H groups in total. The summed E-state index contributed by atoms with van der Waals surface area (Å²) >= 11 is 6.13. The van der Waals surface area contributed by atoms with E-state index in [-0.39, 0.29) is 40.6 Å². The lowest BCUT2D eigenvalue weighted by Crippen LogP contribution is -2.25. The van der Waals surface area contributed by atoms with Gasteiger partial charge in [0.2, 0.25) is 0 Å². The molecule has 0 bridgehead atoms. The molecule has 3 aromatic rings. The van der Waals surface area contributed by atoms with Gasteiger partial charge in [0.25, 0.3) is 5.91 Å². The number of aromatic hydroxyl groups is 1. The second kappa shape index (κ2) is 6.65. The molecule has 8 nitrogen and oxygen atoms in total. The molecular formula is C19H15ClN4O4. The predicted octanol–water partition coefficient (Wildman–Crippen LogP) is 2.72. The first-order valence-corrected chi connectivity index (χ1v) is 8.77. The molecule has 1 unspecified atom stereocenters. The zero-order valence-electron chi connectivity index (χ0n) is 14.7. The molecule has 1 atom stereocenters. The number of primary amides is 1. The molecule has 0 fully saturated rings. The van der Waals surface area contributed by atoms with E-state index in [0.29, 0.717) is 5.02 Å². The summed E-state index contributed by atoms with van der Waals surface area (Å²) in [6, 6.07) is 8.08. The van der Waals surface area contributed by atoms with Gasteiger partial charge in [-0.25, -0.2) is 14.5 Å². The van der Waals surface area contributed by atoms with E-state index in [1.54, 1.807) is 29.8 Å². The summed E-state index contributed by atoms with van der Waals surface area (Å²) in [6.07, 6.45) is 1.56. The van der Waals surface area contributed by atoms with E-state index in [2.05, 4.69) is 10.1 Å². The average molecular weight is 399 g/mol. The smallest absolute Gasteiger partial charge is 0.348 e. The maximum absolute atomic E-state index is 12.4. The Bertz CT molecular complexity index is 1190. The first kappa shape index (κ1) is 18.0. The fourth-order valence-electron chi connectivity index (χ4n) is 3.30. The fraction of sp³-hybridized carbons (Fsp3) is 0.158. The molecule has 4 rings (SSSR count). The normalized spacial score (nSPS) is 15.8. The summed E-state index contributed by atoms with van der Waals surface area (Å²) < 4.78 is 6.68. The van der Waals surface area contributed by atoms with Crippen LogP contribution in [0.2, 0.25) is 5.02 Å². The largest absolute Gasteiger partial charge is 0.507 e. The summed E-state index contributed by atoms with van der Waals surface area (Å²) in [7, 11) is 0. The van der Waals surface area contributed by atoms with E-state index in [4.69, 9.17) is 21.8 Å². The number of aryl methyl sites for hydroxylation is 1. The predicted molar refractivity (Wildman–Crippen MR) is 103 cm³/mol. The molecular weight excluding hydrogens is 384 g/mol. The van der Waals surface area contributed by atoms with Crippen LogP contribution in [-0.2, 0) is 0 Å². The Hall–Kier alpha value is -3.39. The van der Waals surface area contributed by atoms with Crippen LogP contribution in [0.1, 0.15) is 39.7 Å². The Morgan fingerprint density at radius 3 is 2.86 bits per heavy atom. The third kappa shape index (κ3) is 2.97. The summed E-state index contributed by atoms with van der Waals surface area (Å²) in [4.78, 5) is 28.6. The lowest BCUT2D eigenvalue weighted by Gasteiger charge is -2.25.